The molecule has 12 heteroatoms. The van der Waals surface area contributed by atoms with Crippen molar-refractivity contribution < 1.29 is 18.7 Å². The lowest BCUT2D eigenvalue weighted by atomic mass is 9.78. The van der Waals surface area contributed by atoms with E-state index >= 15 is 0 Å². The van der Waals surface area contributed by atoms with Crippen molar-refractivity contribution >= 4 is 39.8 Å². The fourth-order valence-corrected chi connectivity index (χ4v) is 8.39. The van der Waals surface area contributed by atoms with Gasteiger partial charge in [-0.1, -0.05) is 26.0 Å². The van der Waals surface area contributed by atoms with Crippen molar-refractivity contribution in [2.45, 2.75) is 70.0 Å². The molecule has 6 aromatic rings. The van der Waals surface area contributed by atoms with Crippen molar-refractivity contribution in [2.75, 3.05) is 20.2 Å². The molecular weight excluding hydrogens is 656 g/mol. The highest BCUT2D eigenvalue weighted by molar-refractivity contribution is 5.95. The molecule has 1 aromatic carbocycles. The lowest BCUT2D eigenvalue weighted by molar-refractivity contribution is -0.135. The van der Waals surface area contributed by atoms with E-state index in [9.17, 15) is 9.59 Å². The molecule has 2 saturated heterocycles. The number of H-pyrrole nitrogens is 2. The third-order valence-corrected chi connectivity index (χ3v) is 11.1. The van der Waals surface area contributed by atoms with Crippen LogP contribution in [-0.2, 0) is 9.53 Å². The van der Waals surface area contributed by atoms with E-state index in [0.717, 1.165) is 94.2 Å². The van der Waals surface area contributed by atoms with Gasteiger partial charge >= 0.3 is 6.09 Å². The number of alkyl carbamates (subject to hydrolysis) is 1. The minimum absolute atomic E-state index is 0.0977. The van der Waals surface area contributed by atoms with E-state index in [2.05, 4.69) is 69.1 Å². The first-order valence-corrected chi connectivity index (χ1v) is 18.3. The molecule has 266 valence electrons. The van der Waals surface area contributed by atoms with Crippen LogP contribution in [0, 0.1) is 5.92 Å². The molecule has 2 aliphatic heterocycles. The molecule has 3 aliphatic rings. The van der Waals surface area contributed by atoms with Gasteiger partial charge in [-0.25, -0.2) is 14.8 Å². The highest BCUT2D eigenvalue weighted by atomic mass is 16.5. The van der Waals surface area contributed by atoms with Crippen molar-refractivity contribution in [3.05, 3.63) is 95.0 Å². The maximum Gasteiger partial charge on any atom is 0.407 e. The van der Waals surface area contributed by atoms with Crippen LogP contribution < -0.4 is 10.6 Å². The molecule has 52 heavy (non-hydrogen) atoms. The third-order valence-electron chi connectivity index (χ3n) is 11.1. The number of aromatic amines is 2. The quantitative estimate of drug-likeness (QED) is 0.133. The van der Waals surface area contributed by atoms with E-state index in [0.29, 0.717) is 12.6 Å². The Kier molecular flexibility index (Phi) is 8.06. The Hall–Kier alpha value is -5.49. The van der Waals surface area contributed by atoms with Gasteiger partial charge in [0, 0.05) is 40.9 Å². The molecule has 5 aromatic heterocycles. The number of hydrogen-bond donors (Lipinski definition) is 4. The summed E-state index contributed by atoms with van der Waals surface area (Å²) in [6, 6.07) is 14.2. The van der Waals surface area contributed by atoms with Crippen LogP contribution in [0.3, 0.4) is 0 Å². The van der Waals surface area contributed by atoms with Gasteiger partial charge in [0.2, 0.25) is 5.91 Å². The van der Waals surface area contributed by atoms with Crippen LogP contribution in [0.25, 0.3) is 39.0 Å². The molecule has 7 heterocycles. The standard InChI is InChI=1S/C40H42N8O4/c1-21(2)36(47-40(50)51-3)39(49)48-17-5-7-31(48)38-43-20-30(46-38)23-9-12-26(42-19-23)25-11-10-24(34-32-14-15-33(52-32)35(25)34)22-8-13-27-29(18-22)45-37(44-27)28-6-4-16-41-28/h8-9,11-15,18-21,24,28,31,36,41H,4-7,10,16-17H2,1-3H3,(H,43,46)(H,44,45)(H,47,50). The van der Waals surface area contributed by atoms with Crippen molar-refractivity contribution in [2.24, 2.45) is 5.92 Å². The number of furan rings is 2. The molecule has 2 amide bonds. The molecule has 2 bridgehead atoms. The second kappa shape index (κ2) is 12.9. The number of nitrogens with one attached hydrogen (secondary N) is 4. The van der Waals surface area contributed by atoms with Crippen LogP contribution >= 0.6 is 0 Å². The van der Waals surface area contributed by atoms with E-state index in [-0.39, 0.29) is 23.8 Å². The zero-order valence-corrected chi connectivity index (χ0v) is 29.5. The summed E-state index contributed by atoms with van der Waals surface area (Å²) in [5, 5.41) is 6.26. The Bertz CT molecular complexity index is 2290. The maximum absolute atomic E-state index is 13.6. The second-order valence-electron chi connectivity index (χ2n) is 14.6. The lowest BCUT2D eigenvalue weighted by Crippen LogP contribution is -2.51. The number of imidazole rings is 2. The van der Waals surface area contributed by atoms with E-state index in [4.69, 9.17) is 24.1 Å². The van der Waals surface area contributed by atoms with E-state index in [1.807, 2.05) is 24.9 Å². The van der Waals surface area contributed by atoms with Crippen LogP contribution in [0.15, 0.2) is 65.4 Å². The minimum atomic E-state index is -0.681. The molecule has 9 rings (SSSR count). The fourth-order valence-electron chi connectivity index (χ4n) is 8.39. The number of hydrogen-bond acceptors (Lipinski definition) is 8. The monoisotopic (exact) mass is 698 g/mol. The number of ether oxygens (including phenoxy) is 1. The van der Waals surface area contributed by atoms with Gasteiger partial charge in [0.15, 0.2) is 0 Å². The number of pyridine rings is 1. The highest BCUT2D eigenvalue weighted by Crippen LogP contribution is 2.48. The Balaban J connectivity index is 0.951. The van der Waals surface area contributed by atoms with Crippen LogP contribution in [0.1, 0.15) is 98.0 Å². The Labute approximate surface area is 300 Å². The minimum Gasteiger partial charge on any atom is -0.456 e. The van der Waals surface area contributed by atoms with Crippen LogP contribution in [0.2, 0.25) is 0 Å². The molecule has 4 unspecified atom stereocenters. The number of benzene rings is 2. The topological polar surface area (TPSA) is 154 Å². The largest absolute Gasteiger partial charge is 0.456 e. The molecule has 1 aliphatic carbocycles. The van der Waals surface area contributed by atoms with E-state index < -0.39 is 12.1 Å². The van der Waals surface area contributed by atoms with Gasteiger partial charge in [-0.05, 0) is 86.5 Å². The summed E-state index contributed by atoms with van der Waals surface area (Å²) in [6.45, 7) is 5.46. The predicted molar refractivity (Wildman–Crippen MR) is 197 cm³/mol. The summed E-state index contributed by atoms with van der Waals surface area (Å²) in [5.74, 6) is 1.67. The van der Waals surface area contributed by atoms with Gasteiger partial charge < -0.3 is 34.7 Å². The average molecular weight is 699 g/mol. The van der Waals surface area contributed by atoms with Crippen LogP contribution in [-0.4, -0.2) is 68.1 Å². The molecule has 0 spiro atoms. The summed E-state index contributed by atoms with van der Waals surface area (Å²) < 4.78 is 11.1. The van der Waals surface area contributed by atoms with E-state index in [1.54, 1.807) is 6.20 Å². The molecule has 4 N–H and O–H groups in total. The molecule has 2 fully saturated rings. The Morgan fingerprint density at radius 2 is 1.88 bits per heavy atom. The molecular formula is C40H42N8O4. The summed E-state index contributed by atoms with van der Waals surface area (Å²) in [5.41, 5.74) is 11.1. The molecule has 12 nitrogen and oxygen atoms in total. The first kappa shape index (κ1) is 32.4. The smallest absolute Gasteiger partial charge is 0.407 e. The van der Waals surface area contributed by atoms with Crippen molar-refractivity contribution in [3.8, 4) is 11.3 Å². The summed E-state index contributed by atoms with van der Waals surface area (Å²) in [7, 11) is 1.30. The number of allylic oxidation sites excluding steroid dienone is 1. The first-order chi connectivity index (χ1) is 25.4. The van der Waals surface area contributed by atoms with Gasteiger partial charge in [-0.3, -0.25) is 9.78 Å². The Morgan fingerprint density at radius 3 is 2.67 bits per heavy atom. The maximum atomic E-state index is 13.6. The first-order valence-electron chi connectivity index (χ1n) is 18.3. The third kappa shape index (κ3) is 5.52. The highest BCUT2D eigenvalue weighted by Gasteiger charge is 2.38. The zero-order chi connectivity index (χ0) is 35.5. The summed E-state index contributed by atoms with van der Waals surface area (Å²) in [6.07, 6.45) is 10.1. The SMILES string of the molecule is COC(=O)NC(C(=O)N1CCCC1c1ncc(-c2ccc(C3=CCC(c4ccc5nc(C6CCCN6)[nH]c5c4)c4c3c3ccc4o3)nc2)[nH]1)C(C)C. The second-order valence-corrected chi connectivity index (χ2v) is 14.6. The van der Waals surface area contributed by atoms with Crippen molar-refractivity contribution in [1.29, 1.82) is 0 Å². The normalized spacial score (nSPS) is 20.9. The number of amides is 2. The van der Waals surface area contributed by atoms with Gasteiger partial charge in [-0.2, -0.15) is 0 Å². The van der Waals surface area contributed by atoms with Gasteiger partial charge in [0.05, 0.1) is 47.8 Å². The van der Waals surface area contributed by atoms with Crippen molar-refractivity contribution in [3.63, 3.8) is 0 Å². The number of likely N-dealkylation sites (tertiary alicyclic amines) is 1. The number of carbonyl (C=O) groups excluding carboxylic acids is 2. The summed E-state index contributed by atoms with van der Waals surface area (Å²) in [4.78, 5) is 49.0. The number of aromatic nitrogens is 5. The summed E-state index contributed by atoms with van der Waals surface area (Å²) >= 11 is 0. The van der Waals surface area contributed by atoms with Crippen LogP contribution in [0.5, 0.6) is 0 Å². The number of methoxy groups -OCH3 is 1. The number of rotatable bonds is 8. The van der Waals surface area contributed by atoms with Gasteiger partial charge in [0.1, 0.15) is 28.9 Å². The number of carbonyl (C=O) groups is 2. The predicted octanol–water partition coefficient (Wildman–Crippen LogP) is 6.97. The van der Waals surface area contributed by atoms with Gasteiger partial charge in [0.25, 0.3) is 0 Å². The number of fused-ring (bicyclic) bond motifs is 6. The van der Waals surface area contributed by atoms with Crippen LogP contribution in [0.4, 0.5) is 4.79 Å². The Morgan fingerprint density at radius 1 is 1.00 bits per heavy atom. The molecule has 4 atom stereocenters. The van der Waals surface area contributed by atoms with E-state index in [1.165, 1.54) is 24.7 Å². The fraction of sp³-hybridized carbons (Fsp3) is 0.375. The molecule has 0 saturated carbocycles. The lowest BCUT2D eigenvalue weighted by Gasteiger charge is -2.30. The average Bonchev–Trinajstić information content (AvgIpc) is 4.02. The number of nitrogens with zero attached hydrogens (tertiary/aromatic N) is 4. The van der Waals surface area contributed by atoms with Crippen molar-refractivity contribution in [1.82, 2.24) is 40.5 Å². The van der Waals surface area contributed by atoms with Gasteiger partial charge in [-0.15, -0.1) is 0 Å². The molecule has 0 radical (unpaired) electrons. The zero-order valence-electron chi connectivity index (χ0n) is 29.5.